The third-order valence-corrected chi connectivity index (χ3v) is 3.63. The maximum Gasteiger partial charge on any atom is 0.165 e. The van der Waals surface area contributed by atoms with Crippen molar-refractivity contribution in [3.05, 3.63) is 29.6 Å². The summed E-state index contributed by atoms with van der Waals surface area (Å²) in [6.45, 7) is 1.59. The van der Waals surface area contributed by atoms with Gasteiger partial charge < -0.3 is 14.9 Å². The van der Waals surface area contributed by atoms with E-state index >= 15 is 0 Å². The van der Waals surface area contributed by atoms with Gasteiger partial charge in [0, 0.05) is 0 Å². The van der Waals surface area contributed by atoms with E-state index in [2.05, 4.69) is 0 Å². The number of halogens is 1. The molecule has 0 spiro atoms. The molecule has 1 aromatic rings. The first-order valence-electron chi connectivity index (χ1n) is 6.90. The summed E-state index contributed by atoms with van der Waals surface area (Å²) in [7, 11) is 0. The SMILES string of the molecule is C[C@H](O)c1ccc(OC2CCCCCC2O)c(F)c1. The van der Waals surface area contributed by atoms with Crippen LogP contribution in [0.15, 0.2) is 18.2 Å². The Morgan fingerprint density at radius 1 is 1.26 bits per heavy atom. The fourth-order valence-electron chi connectivity index (χ4n) is 2.43. The standard InChI is InChI=1S/C15H21FO3/c1-10(17)11-7-8-14(12(16)9-11)19-15-6-4-2-3-5-13(15)18/h7-10,13,15,17-18H,2-6H2,1H3/t10-,13?,15?/m0/s1. The second-order valence-electron chi connectivity index (χ2n) is 5.23. The molecule has 3 atom stereocenters. The minimum Gasteiger partial charge on any atom is -0.485 e. The molecule has 0 aromatic heterocycles. The molecule has 0 amide bonds. The Labute approximate surface area is 113 Å². The molecule has 0 radical (unpaired) electrons. The van der Waals surface area contributed by atoms with E-state index in [1.807, 2.05) is 0 Å². The average molecular weight is 268 g/mol. The minimum absolute atomic E-state index is 0.148. The van der Waals surface area contributed by atoms with Crippen molar-refractivity contribution in [3.8, 4) is 5.75 Å². The highest BCUT2D eigenvalue weighted by atomic mass is 19.1. The van der Waals surface area contributed by atoms with Crippen LogP contribution in [0, 0.1) is 5.82 Å². The topological polar surface area (TPSA) is 49.7 Å². The molecule has 19 heavy (non-hydrogen) atoms. The molecule has 1 saturated carbocycles. The Hall–Kier alpha value is -1.13. The van der Waals surface area contributed by atoms with E-state index in [9.17, 15) is 14.6 Å². The van der Waals surface area contributed by atoms with E-state index in [4.69, 9.17) is 4.74 Å². The smallest absolute Gasteiger partial charge is 0.165 e. The lowest BCUT2D eigenvalue weighted by Crippen LogP contribution is -2.30. The molecular formula is C15H21FO3. The monoisotopic (exact) mass is 268 g/mol. The normalized spacial score (nSPS) is 25.7. The van der Waals surface area contributed by atoms with Crippen molar-refractivity contribution in [1.29, 1.82) is 0 Å². The summed E-state index contributed by atoms with van der Waals surface area (Å²) in [6.07, 6.45) is 2.95. The van der Waals surface area contributed by atoms with Gasteiger partial charge in [-0.05, 0) is 43.9 Å². The minimum atomic E-state index is -0.702. The summed E-state index contributed by atoms with van der Waals surface area (Å²) in [5, 5.41) is 19.3. The Kier molecular flexibility index (Phi) is 4.77. The first-order chi connectivity index (χ1) is 9.08. The second-order valence-corrected chi connectivity index (χ2v) is 5.23. The molecule has 1 aromatic carbocycles. The van der Waals surface area contributed by atoms with E-state index in [1.165, 1.54) is 12.1 Å². The fourth-order valence-corrected chi connectivity index (χ4v) is 2.43. The summed E-state index contributed by atoms with van der Waals surface area (Å²) >= 11 is 0. The van der Waals surface area contributed by atoms with Crippen molar-refractivity contribution in [2.75, 3.05) is 0 Å². The lowest BCUT2D eigenvalue weighted by atomic mass is 10.1. The van der Waals surface area contributed by atoms with Gasteiger partial charge in [-0.15, -0.1) is 0 Å². The molecule has 0 saturated heterocycles. The van der Waals surface area contributed by atoms with Crippen LogP contribution in [0.4, 0.5) is 4.39 Å². The Morgan fingerprint density at radius 3 is 2.68 bits per heavy atom. The van der Waals surface area contributed by atoms with Crippen molar-refractivity contribution in [1.82, 2.24) is 0 Å². The molecule has 1 aliphatic rings. The summed E-state index contributed by atoms with van der Waals surface area (Å²) in [6, 6.07) is 4.45. The van der Waals surface area contributed by atoms with E-state index < -0.39 is 18.0 Å². The van der Waals surface area contributed by atoms with Crippen LogP contribution in [-0.2, 0) is 0 Å². The van der Waals surface area contributed by atoms with Crippen LogP contribution < -0.4 is 4.74 Å². The largest absolute Gasteiger partial charge is 0.485 e. The highest BCUT2D eigenvalue weighted by Gasteiger charge is 2.24. The molecule has 0 aliphatic heterocycles. The Balaban J connectivity index is 2.09. The molecule has 3 nitrogen and oxygen atoms in total. The highest BCUT2D eigenvalue weighted by Crippen LogP contribution is 2.27. The molecule has 0 bridgehead atoms. The third kappa shape index (κ3) is 3.67. The Bertz CT molecular complexity index is 420. The van der Waals surface area contributed by atoms with E-state index in [0.717, 1.165) is 25.7 Å². The number of hydrogen-bond donors (Lipinski definition) is 2. The number of benzene rings is 1. The van der Waals surface area contributed by atoms with Crippen molar-refractivity contribution < 1.29 is 19.3 Å². The van der Waals surface area contributed by atoms with Gasteiger partial charge >= 0.3 is 0 Å². The van der Waals surface area contributed by atoms with Crippen molar-refractivity contribution in [3.63, 3.8) is 0 Å². The molecule has 106 valence electrons. The summed E-state index contributed by atoms with van der Waals surface area (Å²) < 4.78 is 19.5. The predicted molar refractivity (Wildman–Crippen MR) is 70.5 cm³/mol. The van der Waals surface area contributed by atoms with Crippen LogP contribution in [0.5, 0.6) is 5.75 Å². The molecular weight excluding hydrogens is 247 g/mol. The molecule has 2 N–H and O–H groups in total. The zero-order valence-electron chi connectivity index (χ0n) is 11.2. The van der Waals surface area contributed by atoms with Crippen LogP contribution in [0.3, 0.4) is 0 Å². The molecule has 1 aliphatic carbocycles. The first-order valence-corrected chi connectivity index (χ1v) is 6.90. The number of rotatable bonds is 3. The van der Waals surface area contributed by atoms with E-state index in [0.29, 0.717) is 12.0 Å². The highest BCUT2D eigenvalue weighted by molar-refractivity contribution is 5.30. The number of ether oxygens (including phenoxy) is 1. The zero-order chi connectivity index (χ0) is 13.8. The van der Waals surface area contributed by atoms with E-state index in [1.54, 1.807) is 13.0 Å². The fraction of sp³-hybridized carbons (Fsp3) is 0.600. The van der Waals surface area contributed by atoms with E-state index in [-0.39, 0.29) is 11.9 Å². The summed E-state index contributed by atoms with van der Waals surface area (Å²) in [5.74, 6) is -0.342. The first kappa shape index (κ1) is 14.3. The van der Waals surface area contributed by atoms with Gasteiger partial charge in [0.2, 0.25) is 0 Å². The number of hydrogen-bond acceptors (Lipinski definition) is 3. The third-order valence-electron chi connectivity index (χ3n) is 3.63. The summed E-state index contributed by atoms with van der Waals surface area (Å²) in [5.41, 5.74) is 0.520. The quantitative estimate of drug-likeness (QED) is 0.829. The lowest BCUT2D eigenvalue weighted by molar-refractivity contribution is 0.0297. The molecule has 0 heterocycles. The Morgan fingerprint density at radius 2 is 2.00 bits per heavy atom. The van der Waals surface area contributed by atoms with Gasteiger partial charge in [0.05, 0.1) is 12.2 Å². The van der Waals surface area contributed by atoms with Crippen molar-refractivity contribution >= 4 is 0 Å². The molecule has 2 rings (SSSR count). The van der Waals surface area contributed by atoms with Crippen LogP contribution in [0.2, 0.25) is 0 Å². The maximum absolute atomic E-state index is 13.9. The van der Waals surface area contributed by atoms with Crippen LogP contribution in [0.25, 0.3) is 0 Å². The molecule has 2 unspecified atom stereocenters. The zero-order valence-corrected chi connectivity index (χ0v) is 11.2. The van der Waals surface area contributed by atoms with Crippen LogP contribution in [-0.4, -0.2) is 22.4 Å². The van der Waals surface area contributed by atoms with Gasteiger partial charge in [-0.3, -0.25) is 0 Å². The molecule has 4 heteroatoms. The van der Waals surface area contributed by atoms with Crippen molar-refractivity contribution in [2.45, 2.75) is 57.3 Å². The van der Waals surface area contributed by atoms with Crippen LogP contribution >= 0.6 is 0 Å². The summed E-state index contributed by atoms with van der Waals surface area (Å²) in [4.78, 5) is 0. The van der Waals surface area contributed by atoms with Gasteiger partial charge in [-0.1, -0.05) is 18.9 Å². The average Bonchev–Trinajstić information content (AvgIpc) is 2.57. The van der Waals surface area contributed by atoms with Gasteiger partial charge in [-0.25, -0.2) is 4.39 Å². The number of aliphatic hydroxyl groups is 2. The van der Waals surface area contributed by atoms with Gasteiger partial charge in [0.25, 0.3) is 0 Å². The predicted octanol–water partition coefficient (Wildman–Crippen LogP) is 2.95. The van der Waals surface area contributed by atoms with Gasteiger partial charge in [0.15, 0.2) is 11.6 Å². The van der Waals surface area contributed by atoms with Gasteiger partial charge in [-0.2, -0.15) is 0 Å². The maximum atomic E-state index is 13.9. The van der Waals surface area contributed by atoms with Crippen molar-refractivity contribution in [2.24, 2.45) is 0 Å². The van der Waals surface area contributed by atoms with Gasteiger partial charge in [0.1, 0.15) is 6.10 Å². The second kappa shape index (κ2) is 6.35. The number of aliphatic hydroxyl groups excluding tert-OH is 2. The van der Waals surface area contributed by atoms with Crippen LogP contribution in [0.1, 0.15) is 50.7 Å². The molecule has 1 fully saturated rings. The lowest BCUT2D eigenvalue weighted by Gasteiger charge is -2.22.